The molecule has 2 rings (SSSR count). The minimum absolute atomic E-state index is 0. The summed E-state index contributed by atoms with van der Waals surface area (Å²) >= 11 is 0. The molecule has 1 saturated heterocycles. The minimum atomic E-state index is -4.08. The molecule has 0 saturated carbocycles. The fraction of sp³-hybridized carbons (Fsp3) is 0.632. The lowest BCUT2D eigenvalue weighted by Crippen LogP contribution is -2.48. The van der Waals surface area contributed by atoms with Crippen molar-refractivity contribution in [2.24, 2.45) is 4.99 Å². The van der Waals surface area contributed by atoms with E-state index in [1.807, 2.05) is 19.1 Å². The van der Waals surface area contributed by atoms with Crippen molar-refractivity contribution in [1.29, 1.82) is 0 Å². The summed E-state index contributed by atoms with van der Waals surface area (Å²) in [5.41, 5.74) is 2.35. The first-order valence-corrected chi connectivity index (χ1v) is 9.18. The Morgan fingerprint density at radius 3 is 2.70 bits per heavy atom. The van der Waals surface area contributed by atoms with Gasteiger partial charge in [-0.3, -0.25) is 4.99 Å². The maximum atomic E-state index is 12.2. The Hall–Kier alpha value is -1.03. The number of benzene rings is 1. The molecule has 1 heterocycles. The summed E-state index contributed by atoms with van der Waals surface area (Å²) in [5.74, 6) is 0.751. The third-order valence-electron chi connectivity index (χ3n) is 4.37. The molecule has 1 N–H and O–H groups in total. The molecule has 1 aliphatic rings. The van der Waals surface area contributed by atoms with Gasteiger partial charge in [-0.05, 0) is 37.8 Å². The predicted octanol–water partition coefficient (Wildman–Crippen LogP) is 4.68. The van der Waals surface area contributed by atoms with Gasteiger partial charge in [-0.1, -0.05) is 24.3 Å². The molecule has 0 radical (unpaired) electrons. The fourth-order valence-corrected chi connectivity index (χ4v) is 3.03. The van der Waals surface area contributed by atoms with Crippen molar-refractivity contribution in [1.82, 2.24) is 10.2 Å². The summed E-state index contributed by atoms with van der Waals surface area (Å²) in [6, 6.07) is 8.15. The zero-order chi connectivity index (χ0) is 19.0. The average molecular weight is 499 g/mol. The maximum Gasteiger partial charge on any atom is 0.389 e. The molecule has 1 atom stereocenters. The molecule has 4 nitrogen and oxygen atoms in total. The number of morpholine rings is 1. The number of unbranched alkanes of at least 4 members (excludes halogenated alkanes) is 1. The first-order valence-electron chi connectivity index (χ1n) is 9.18. The number of aliphatic imine (C=N–C) groups is 1. The number of hydrogen-bond donors (Lipinski definition) is 1. The van der Waals surface area contributed by atoms with Crippen LogP contribution in [0.2, 0.25) is 0 Å². The van der Waals surface area contributed by atoms with E-state index in [-0.39, 0.29) is 36.5 Å². The standard InChI is InChI=1S/C19H28F3N3O.HI/c1-3-23-18(24-11-7-6-10-19(20,21)22)25-12-13-26-17(14-25)16-9-5-4-8-15(16)2;/h4-5,8-9,17H,3,6-7,10-14H2,1-2H3,(H,23,24);1H. The van der Waals surface area contributed by atoms with Crippen molar-refractivity contribution >= 4 is 29.9 Å². The number of guanidine groups is 1. The van der Waals surface area contributed by atoms with Crippen LogP contribution in [0.5, 0.6) is 0 Å². The fourth-order valence-electron chi connectivity index (χ4n) is 3.03. The first-order chi connectivity index (χ1) is 12.4. The van der Waals surface area contributed by atoms with Crippen molar-refractivity contribution in [2.75, 3.05) is 32.8 Å². The molecule has 0 amide bonds. The van der Waals surface area contributed by atoms with Gasteiger partial charge in [-0.25, -0.2) is 0 Å². The number of hydrogen-bond acceptors (Lipinski definition) is 2. The lowest BCUT2D eigenvalue weighted by molar-refractivity contribution is -0.135. The molecule has 1 unspecified atom stereocenters. The molecule has 1 aliphatic heterocycles. The summed E-state index contributed by atoms with van der Waals surface area (Å²) < 4.78 is 42.6. The Balaban J connectivity index is 0.00000364. The van der Waals surface area contributed by atoms with E-state index in [0.717, 1.165) is 12.5 Å². The second-order valence-electron chi connectivity index (χ2n) is 6.47. The molecule has 154 valence electrons. The van der Waals surface area contributed by atoms with E-state index in [9.17, 15) is 13.2 Å². The van der Waals surface area contributed by atoms with Gasteiger partial charge in [0.2, 0.25) is 0 Å². The topological polar surface area (TPSA) is 36.9 Å². The number of alkyl halides is 3. The van der Waals surface area contributed by atoms with Crippen molar-refractivity contribution in [3.05, 3.63) is 35.4 Å². The number of rotatable bonds is 6. The summed E-state index contributed by atoms with van der Waals surface area (Å²) in [6.07, 6.45) is -4.31. The molecule has 1 aromatic carbocycles. The Kier molecular flexibility index (Phi) is 10.4. The zero-order valence-electron chi connectivity index (χ0n) is 15.9. The molecule has 0 spiro atoms. The normalized spacial score (nSPS) is 18.2. The van der Waals surface area contributed by atoms with Gasteiger partial charge in [0.05, 0.1) is 13.2 Å². The molecule has 1 aromatic rings. The summed E-state index contributed by atoms with van der Waals surface area (Å²) in [6.45, 7) is 7.15. The van der Waals surface area contributed by atoms with Crippen LogP contribution in [0.3, 0.4) is 0 Å². The molecule has 8 heteroatoms. The highest BCUT2D eigenvalue weighted by atomic mass is 127. The van der Waals surface area contributed by atoms with Crippen LogP contribution < -0.4 is 5.32 Å². The van der Waals surface area contributed by atoms with Gasteiger partial charge in [0.25, 0.3) is 0 Å². The number of nitrogens with one attached hydrogen (secondary N) is 1. The smallest absolute Gasteiger partial charge is 0.370 e. The van der Waals surface area contributed by atoms with Crippen molar-refractivity contribution in [3.63, 3.8) is 0 Å². The number of halogens is 4. The van der Waals surface area contributed by atoms with Crippen LogP contribution in [0.15, 0.2) is 29.3 Å². The second kappa shape index (κ2) is 11.7. The largest absolute Gasteiger partial charge is 0.389 e. The van der Waals surface area contributed by atoms with Crippen molar-refractivity contribution in [3.8, 4) is 0 Å². The number of nitrogens with zero attached hydrogens (tertiary/aromatic N) is 2. The zero-order valence-corrected chi connectivity index (χ0v) is 18.2. The van der Waals surface area contributed by atoms with Gasteiger partial charge < -0.3 is 15.0 Å². The van der Waals surface area contributed by atoms with E-state index in [1.54, 1.807) is 0 Å². The van der Waals surface area contributed by atoms with E-state index in [0.29, 0.717) is 32.7 Å². The van der Waals surface area contributed by atoms with Crippen LogP contribution in [0, 0.1) is 6.92 Å². The molecule has 0 aliphatic carbocycles. The Labute approximate surface area is 176 Å². The van der Waals surface area contributed by atoms with E-state index in [2.05, 4.69) is 34.3 Å². The van der Waals surface area contributed by atoms with Gasteiger partial charge in [0, 0.05) is 26.1 Å². The first kappa shape index (κ1) is 24.0. The molecule has 0 aromatic heterocycles. The van der Waals surface area contributed by atoms with Crippen molar-refractivity contribution < 1.29 is 17.9 Å². The van der Waals surface area contributed by atoms with E-state index >= 15 is 0 Å². The van der Waals surface area contributed by atoms with Gasteiger partial charge in [0.1, 0.15) is 6.10 Å². The number of aryl methyl sites for hydroxylation is 1. The highest BCUT2D eigenvalue weighted by Crippen LogP contribution is 2.25. The third kappa shape index (κ3) is 8.25. The van der Waals surface area contributed by atoms with E-state index in [1.165, 1.54) is 11.1 Å². The van der Waals surface area contributed by atoms with Crippen LogP contribution >= 0.6 is 24.0 Å². The molecular formula is C19H29F3IN3O. The SMILES string of the molecule is CCNC(=NCCCCC(F)(F)F)N1CCOC(c2ccccc2C)C1.I. The summed E-state index contributed by atoms with van der Waals surface area (Å²) in [5, 5.41) is 3.24. The molecule has 27 heavy (non-hydrogen) atoms. The molecule has 1 fully saturated rings. The minimum Gasteiger partial charge on any atom is -0.370 e. The molecular weight excluding hydrogens is 470 g/mol. The Bertz CT molecular complexity index is 596. The van der Waals surface area contributed by atoms with Gasteiger partial charge in [-0.15, -0.1) is 24.0 Å². The lowest BCUT2D eigenvalue weighted by Gasteiger charge is -2.35. The summed E-state index contributed by atoms with van der Waals surface area (Å²) in [7, 11) is 0. The number of ether oxygens (including phenoxy) is 1. The van der Waals surface area contributed by atoms with Crippen LogP contribution in [0.1, 0.15) is 43.4 Å². The van der Waals surface area contributed by atoms with Gasteiger partial charge >= 0.3 is 6.18 Å². The Morgan fingerprint density at radius 2 is 2.04 bits per heavy atom. The van der Waals surface area contributed by atoms with Crippen molar-refractivity contribution in [2.45, 2.75) is 45.4 Å². The van der Waals surface area contributed by atoms with E-state index < -0.39 is 12.6 Å². The highest BCUT2D eigenvalue weighted by molar-refractivity contribution is 14.0. The lowest BCUT2D eigenvalue weighted by atomic mass is 10.0. The predicted molar refractivity (Wildman–Crippen MR) is 113 cm³/mol. The van der Waals surface area contributed by atoms with Crippen LogP contribution in [0.25, 0.3) is 0 Å². The van der Waals surface area contributed by atoms with Gasteiger partial charge in [0.15, 0.2) is 5.96 Å². The van der Waals surface area contributed by atoms with Crippen LogP contribution in [0.4, 0.5) is 13.2 Å². The summed E-state index contributed by atoms with van der Waals surface area (Å²) in [4.78, 5) is 6.65. The monoisotopic (exact) mass is 499 g/mol. The highest BCUT2D eigenvalue weighted by Gasteiger charge is 2.26. The third-order valence-corrected chi connectivity index (χ3v) is 4.37. The maximum absolute atomic E-state index is 12.2. The average Bonchev–Trinajstić information content (AvgIpc) is 2.60. The van der Waals surface area contributed by atoms with Gasteiger partial charge in [-0.2, -0.15) is 13.2 Å². The van der Waals surface area contributed by atoms with Crippen LogP contribution in [-0.2, 0) is 4.74 Å². The van der Waals surface area contributed by atoms with E-state index in [4.69, 9.17) is 4.74 Å². The second-order valence-corrected chi connectivity index (χ2v) is 6.47. The Morgan fingerprint density at radius 1 is 1.30 bits per heavy atom. The quantitative estimate of drug-likeness (QED) is 0.267. The molecule has 0 bridgehead atoms. The van der Waals surface area contributed by atoms with Crippen LogP contribution in [-0.4, -0.2) is 49.8 Å².